The van der Waals surface area contributed by atoms with E-state index in [0.29, 0.717) is 21.5 Å². The molecule has 0 aliphatic rings. The first-order valence-electron chi connectivity index (χ1n) is 5.77. The Balaban J connectivity index is 1.81. The van der Waals surface area contributed by atoms with Crippen molar-refractivity contribution < 1.29 is 19.1 Å². The van der Waals surface area contributed by atoms with Gasteiger partial charge in [-0.05, 0) is 18.2 Å². The quantitative estimate of drug-likeness (QED) is 0.665. The van der Waals surface area contributed by atoms with Crippen LogP contribution < -0.4 is 15.1 Å². The molecule has 1 amide bonds. The molecule has 2 rings (SSSR count). The number of hydrogen-bond donors (Lipinski definition) is 1. The van der Waals surface area contributed by atoms with Crippen LogP contribution in [-0.2, 0) is 11.8 Å². The van der Waals surface area contributed by atoms with Crippen LogP contribution in [0.15, 0.2) is 33.8 Å². The van der Waals surface area contributed by atoms with E-state index >= 15 is 0 Å². The average molecular weight is 314 g/mol. The molecule has 0 bridgehead atoms. The number of hydrogen-bond acceptors (Lipinski definition) is 5. The van der Waals surface area contributed by atoms with Crippen LogP contribution in [0.4, 0.5) is 5.69 Å². The minimum atomic E-state index is -0.493. The third-order valence-corrected chi connectivity index (χ3v) is 3.74. The van der Waals surface area contributed by atoms with Gasteiger partial charge in [0.15, 0.2) is 13.0 Å². The number of nitrogens with zero attached hydrogens (tertiary/aromatic N) is 2. The number of amides is 1. The number of anilines is 1. The van der Waals surface area contributed by atoms with Gasteiger partial charge in [-0.15, -0.1) is 0 Å². The highest BCUT2D eigenvalue weighted by molar-refractivity contribution is 7.99. The molecule has 0 radical (unpaired) electrons. The van der Waals surface area contributed by atoms with E-state index in [0.717, 1.165) is 0 Å². The Morgan fingerprint density at radius 2 is 2.40 bits per heavy atom. The molecule has 2 aromatic rings. The lowest BCUT2D eigenvalue weighted by atomic mass is 10.3. The Kier molecular flexibility index (Phi) is 4.86. The molecule has 0 aliphatic carbocycles. The molecule has 1 aromatic carbocycles. The SMILES string of the molecule is C[n+]1noc([O-])c1SCCC(=O)Nc1cccc(Cl)c1. The number of nitrogens with one attached hydrogen (secondary N) is 1. The Hall–Kier alpha value is -1.73. The van der Waals surface area contributed by atoms with E-state index in [1.54, 1.807) is 31.3 Å². The second kappa shape index (κ2) is 6.62. The van der Waals surface area contributed by atoms with Crippen molar-refractivity contribution in [1.29, 1.82) is 0 Å². The van der Waals surface area contributed by atoms with Gasteiger partial charge in [0.1, 0.15) is 0 Å². The van der Waals surface area contributed by atoms with Crippen LogP contribution in [0, 0.1) is 0 Å². The maximum atomic E-state index is 11.7. The van der Waals surface area contributed by atoms with Crippen molar-refractivity contribution in [3.63, 3.8) is 0 Å². The molecule has 0 saturated carbocycles. The van der Waals surface area contributed by atoms with E-state index in [1.165, 1.54) is 16.4 Å². The monoisotopic (exact) mass is 313 g/mol. The van der Waals surface area contributed by atoms with E-state index in [-0.39, 0.29) is 12.3 Å². The average Bonchev–Trinajstić information content (AvgIpc) is 2.70. The summed E-state index contributed by atoms with van der Waals surface area (Å²) in [4.78, 5) is 11.7. The minimum absolute atomic E-state index is 0.147. The normalized spacial score (nSPS) is 10.5. The summed E-state index contributed by atoms with van der Waals surface area (Å²) < 4.78 is 5.83. The summed E-state index contributed by atoms with van der Waals surface area (Å²) in [5.74, 6) is -0.185. The second-order valence-corrected chi connectivity index (χ2v) is 5.47. The number of rotatable bonds is 5. The molecule has 6 nitrogen and oxygen atoms in total. The van der Waals surface area contributed by atoms with Gasteiger partial charge in [0.05, 0.1) is 5.27 Å². The molecule has 106 valence electrons. The largest absolute Gasteiger partial charge is 0.538 e. The van der Waals surface area contributed by atoms with E-state index in [4.69, 9.17) is 11.6 Å². The zero-order chi connectivity index (χ0) is 14.5. The summed E-state index contributed by atoms with van der Waals surface area (Å²) in [6.07, 6.45) is 0.266. The summed E-state index contributed by atoms with van der Waals surface area (Å²) >= 11 is 7.05. The lowest BCUT2D eigenvalue weighted by Gasteiger charge is -2.04. The van der Waals surface area contributed by atoms with Crippen LogP contribution >= 0.6 is 23.4 Å². The third kappa shape index (κ3) is 3.88. The highest BCUT2D eigenvalue weighted by Gasteiger charge is 2.14. The minimum Gasteiger partial charge on any atom is -0.538 e. The predicted octanol–water partition coefficient (Wildman–Crippen LogP) is 1.35. The lowest BCUT2D eigenvalue weighted by Crippen LogP contribution is -2.32. The number of halogens is 1. The molecule has 0 aliphatic heterocycles. The number of aryl methyl sites for hydroxylation is 1. The Morgan fingerprint density at radius 1 is 1.60 bits per heavy atom. The summed E-state index contributed by atoms with van der Waals surface area (Å²) in [6.45, 7) is 0. The predicted molar refractivity (Wildman–Crippen MR) is 72.5 cm³/mol. The van der Waals surface area contributed by atoms with Crippen LogP contribution in [0.1, 0.15) is 6.42 Å². The summed E-state index contributed by atoms with van der Waals surface area (Å²) in [5.41, 5.74) is 0.646. The van der Waals surface area contributed by atoms with Crippen molar-refractivity contribution in [2.24, 2.45) is 7.05 Å². The fourth-order valence-electron chi connectivity index (χ4n) is 1.49. The molecule has 0 fully saturated rings. The van der Waals surface area contributed by atoms with Gasteiger partial charge in [-0.1, -0.05) is 34.1 Å². The van der Waals surface area contributed by atoms with Crippen LogP contribution in [0.5, 0.6) is 5.95 Å². The molecule has 0 unspecified atom stereocenters. The van der Waals surface area contributed by atoms with Crippen molar-refractivity contribution in [3.8, 4) is 5.95 Å². The molecule has 0 spiro atoms. The maximum absolute atomic E-state index is 11.7. The number of benzene rings is 1. The first-order chi connectivity index (χ1) is 9.56. The molecule has 1 N–H and O–H groups in total. The molecular weight excluding hydrogens is 302 g/mol. The molecule has 8 heteroatoms. The smallest absolute Gasteiger partial charge is 0.290 e. The van der Waals surface area contributed by atoms with E-state index in [2.05, 4.69) is 15.1 Å². The van der Waals surface area contributed by atoms with Gasteiger partial charge in [0.25, 0.3) is 5.03 Å². The van der Waals surface area contributed by atoms with Crippen LogP contribution in [0.3, 0.4) is 0 Å². The zero-order valence-electron chi connectivity index (χ0n) is 10.6. The molecule has 0 saturated heterocycles. The van der Waals surface area contributed by atoms with Gasteiger partial charge >= 0.3 is 0 Å². The van der Waals surface area contributed by atoms with Gasteiger partial charge in [-0.3, -0.25) is 4.79 Å². The number of carbonyl (C=O) groups excluding carboxylic acids is 1. The summed E-state index contributed by atoms with van der Waals surface area (Å²) in [7, 11) is 1.61. The van der Waals surface area contributed by atoms with Crippen LogP contribution in [0.2, 0.25) is 5.02 Å². The van der Waals surface area contributed by atoms with Gasteiger partial charge < -0.3 is 14.9 Å². The van der Waals surface area contributed by atoms with Crippen LogP contribution in [-0.4, -0.2) is 16.9 Å². The molecular formula is C12H12ClN3O3S. The summed E-state index contributed by atoms with van der Waals surface area (Å²) in [6, 6.07) is 6.91. The zero-order valence-corrected chi connectivity index (χ0v) is 12.2. The fourth-order valence-corrected chi connectivity index (χ4v) is 2.54. The third-order valence-electron chi connectivity index (χ3n) is 2.39. The molecule has 20 heavy (non-hydrogen) atoms. The number of aromatic nitrogens is 2. The van der Waals surface area contributed by atoms with Crippen molar-refractivity contribution in [2.75, 3.05) is 11.1 Å². The number of carbonyl (C=O) groups is 1. The van der Waals surface area contributed by atoms with E-state index in [9.17, 15) is 9.90 Å². The Bertz CT molecular complexity index is 598. The first-order valence-corrected chi connectivity index (χ1v) is 7.14. The highest BCUT2D eigenvalue weighted by atomic mass is 35.5. The van der Waals surface area contributed by atoms with Crippen molar-refractivity contribution >= 4 is 35.0 Å². The topological polar surface area (TPSA) is 82.1 Å². The van der Waals surface area contributed by atoms with Gasteiger partial charge in [0.2, 0.25) is 5.91 Å². The van der Waals surface area contributed by atoms with Crippen molar-refractivity contribution in [1.82, 2.24) is 5.27 Å². The maximum Gasteiger partial charge on any atom is 0.290 e. The lowest BCUT2D eigenvalue weighted by molar-refractivity contribution is -0.772. The van der Waals surface area contributed by atoms with E-state index < -0.39 is 5.95 Å². The van der Waals surface area contributed by atoms with Gasteiger partial charge in [-0.25, -0.2) is 0 Å². The molecule has 1 aromatic heterocycles. The fraction of sp³-hybridized carbons (Fsp3) is 0.250. The Morgan fingerprint density at radius 3 is 3.05 bits per heavy atom. The summed E-state index contributed by atoms with van der Waals surface area (Å²) in [5, 5.41) is 18.4. The molecule has 0 atom stereocenters. The van der Waals surface area contributed by atoms with Gasteiger partial charge in [-0.2, -0.15) is 0 Å². The second-order valence-electron chi connectivity index (χ2n) is 3.95. The van der Waals surface area contributed by atoms with Crippen LogP contribution in [0.25, 0.3) is 0 Å². The van der Waals surface area contributed by atoms with Crippen molar-refractivity contribution in [2.45, 2.75) is 11.4 Å². The first kappa shape index (κ1) is 14.7. The molecule has 1 heterocycles. The van der Waals surface area contributed by atoms with Crippen molar-refractivity contribution in [3.05, 3.63) is 29.3 Å². The number of thioether (sulfide) groups is 1. The van der Waals surface area contributed by atoms with E-state index in [1.807, 2.05) is 0 Å². The standard InChI is InChI=1S/C12H12ClN3O3S/c1-16-11(12(18)19-15-16)20-6-5-10(17)14-9-4-2-3-8(13)7-9/h2-4,7H,5-6H2,1H3,(H-,14,15,17,18). The highest BCUT2D eigenvalue weighted by Crippen LogP contribution is 2.22. The van der Waals surface area contributed by atoms with Gasteiger partial charge in [0, 0.05) is 22.9 Å². The Labute approximate surface area is 124 Å².